The van der Waals surface area contributed by atoms with Crippen molar-refractivity contribution in [2.75, 3.05) is 13.2 Å². The molecule has 31 heavy (non-hydrogen) atoms. The number of carboxylic acids is 1. The van der Waals surface area contributed by atoms with Gasteiger partial charge in [0.15, 0.2) is 0 Å². The third-order valence-electron chi connectivity index (χ3n) is 4.17. The zero-order valence-corrected chi connectivity index (χ0v) is 16.4. The van der Waals surface area contributed by atoms with Crippen molar-refractivity contribution in [1.82, 2.24) is 35.9 Å². The monoisotopic (exact) mass is 436 g/mol. The van der Waals surface area contributed by atoms with Gasteiger partial charge in [0.1, 0.15) is 18.6 Å². The van der Waals surface area contributed by atoms with Gasteiger partial charge < -0.3 is 41.9 Å². The number of carboxylic acid groups (broad SMARTS) is 1. The van der Waals surface area contributed by atoms with Gasteiger partial charge in [0, 0.05) is 36.6 Å². The molecule has 0 bridgehead atoms. The summed E-state index contributed by atoms with van der Waals surface area (Å²) in [5.41, 5.74) is 7.06. The highest BCUT2D eigenvalue weighted by molar-refractivity contribution is 5.93. The van der Waals surface area contributed by atoms with Crippen molar-refractivity contribution < 1.29 is 29.4 Å². The average Bonchev–Trinajstić information content (AvgIpc) is 3.43. The van der Waals surface area contributed by atoms with E-state index in [0.717, 1.165) is 0 Å². The van der Waals surface area contributed by atoms with Crippen molar-refractivity contribution >= 4 is 23.7 Å². The number of aliphatic hydroxyl groups excluding tert-OH is 1. The molecule has 3 amide bonds. The maximum absolute atomic E-state index is 12.7. The fraction of sp³-hybridized carbons (Fsp3) is 0.412. The normalized spacial score (nSPS) is 13.6. The molecule has 0 fully saturated rings. The SMILES string of the molecule is NC(Cc1cnc[nH]1)C(=O)NC(Cc1cnc[nH]1)C(=O)NC(CO)C(=O)NCC(=O)O. The molecule has 0 aliphatic heterocycles. The molecule has 2 heterocycles. The van der Waals surface area contributed by atoms with Gasteiger partial charge in [-0.1, -0.05) is 0 Å². The number of H-pyrrole nitrogens is 2. The van der Waals surface area contributed by atoms with Crippen molar-refractivity contribution in [1.29, 1.82) is 0 Å². The number of aliphatic carboxylic acids is 1. The Morgan fingerprint density at radius 3 is 2.03 bits per heavy atom. The molecule has 2 aromatic rings. The Bertz CT molecular complexity index is 869. The molecular weight excluding hydrogens is 412 g/mol. The van der Waals surface area contributed by atoms with Crippen LogP contribution in [0, 0.1) is 0 Å². The number of hydrogen-bond donors (Lipinski definition) is 8. The number of carbonyl (C=O) groups excluding carboxylic acids is 3. The molecule has 0 aliphatic carbocycles. The number of aromatic amines is 2. The van der Waals surface area contributed by atoms with E-state index in [1.165, 1.54) is 25.0 Å². The van der Waals surface area contributed by atoms with Crippen molar-refractivity contribution in [2.45, 2.75) is 31.0 Å². The molecule has 9 N–H and O–H groups in total. The maximum Gasteiger partial charge on any atom is 0.322 e. The number of hydrogen-bond acceptors (Lipinski definition) is 8. The zero-order chi connectivity index (χ0) is 22.8. The lowest BCUT2D eigenvalue weighted by Crippen LogP contribution is -2.57. The molecule has 2 rings (SSSR count). The molecule has 3 unspecified atom stereocenters. The summed E-state index contributed by atoms with van der Waals surface area (Å²) in [6, 6.07) is -3.54. The van der Waals surface area contributed by atoms with Crippen LogP contribution in [-0.2, 0) is 32.0 Å². The fourth-order valence-electron chi connectivity index (χ4n) is 2.58. The number of nitrogens with one attached hydrogen (secondary N) is 5. The van der Waals surface area contributed by atoms with Gasteiger partial charge in [-0.15, -0.1) is 0 Å². The molecule has 3 atom stereocenters. The summed E-state index contributed by atoms with van der Waals surface area (Å²) < 4.78 is 0. The summed E-state index contributed by atoms with van der Waals surface area (Å²) in [7, 11) is 0. The third-order valence-corrected chi connectivity index (χ3v) is 4.17. The molecule has 14 heteroatoms. The number of nitrogens with zero attached hydrogens (tertiary/aromatic N) is 2. The Kier molecular flexibility index (Phi) is 8.65. The molecule has 0 radical (unpaired) electrons. The first-order valence-electron chi connectivity index (χ1n) is 9.21. The van der Waals surface area contributed by atoms with E-state index < -0.39 is 55.0 Å². The molecule has 0 saturated heterocycles. The van der Waals surface area contributed by atoms with Gasteiger partial charge in [0.2, 0.25) is 17.7 Å². The van der Waals surface area contributed by atoms with E-state index in [4.69, 9.17) is 10.8 Å². The quantitative estimate of drug-likeness (QED) is 0.164. The van der Waals surface area contributed by atoms with E-state index in [-0.39, 0.29) is 12.8 Å². The van der Waals surface area contributed by atoms with Gasteiger partial charge >= 0.3 is 5.97 Å². The summed E-state index contributed by atoms with van der Waals surface area (Å²) in [5.74, 6) is -3.57. The lowest BCUT2D eigenvalue weighted by Gasteiger charge is -2.23. The highest BCUT2D eigenvalue weighted by atomic mass is 16.4. The topological polar surface area (TPSA) is 228 Å². The van der Waals surface area contributed by atoms with Gasteiger partial charge in [-0.3, -0.25) is 19.2 Å². The van der Waals surface area contributed by atoms with Gasteiger partial charge in [0.25, 0.3) is 0 Å². The summed E-state index contributed by atoms with van der Waals surface area (Å²) in [6.45, 7) is -1.46. The van der Waals surface area contributed by atoms with Gasteiger partial charge in [-0.2, -0.15) is 0 Å². The van der Waals surface area contributed by atoms with Crippen LogP contribution in [0.3, 0.4) is 0 Å². The number of rotatable bonds is 12. The predicted molar refractivity (Wildman–Crippen MR) is 104 cm³/mol. The first-order valence-corrected chi connectivity index (χ1v) is 9.21. The van der Waals surface area contributed by atoms with Crippen LogP contribution in [0.1, 0.15) is 11.4 Å². The van der Waals surface area contributed by atoms with Crippen LogP contribution in [0.5, 0.6) is 0 Å². The summed E-state index contributed by atoms with van der Waals surface area (Å²) in [6.07, 6.45) is 5.97. The molecule has 14 nitrogen and oxygen atoms in total. The first kappa shape index (κ1) is 23.5. The van der Waals surface area contributed by atoms with E-state index in [2.05, 4.69) is 35.9 Å². The Morgan fingerprint density at radius 1 is 0.935 bits per heavy atom. The summed E-state index contributed by atoms with van der Waals surface area (Å²) in [5, 5.41) is 24.9. The lowest BCUT2D eigenvalue weighted by atomic mass is 10.1. The number of amides is 3. The van der Waals surface area contributed by atoms with Crippen molar-refractivity contribution in [3.05, 3.63) is 36.4 Å². The molecule has 0 aliphatic rings. The standard InChI is InChI=1S/C17H24N8O6/c18-11(1-9-3-19-7-22-9)15(29)24-12(2-10-4-20-8-23-10)17(31)25-13(6-26)16(30)21-5-14(27)28/h3-4,7-8,11-13,26H,1-2,5-6,18H2,(H,19,22)(H,20,23)(H,21,30)(H,24,29)(H,25,31)(H,27,28). The Morgan fingerprint density at radius 2 is 1.52 bits per heavy atom. The van der Waals surface area contributed by atoms with E-state index >= 15 is 0 Å². The molecule has 168 valence electrons. The zero-order valence-electron chi connectivity index (χ0n) is 16.4. The van der Waals surface area contributed by atoms with E-state index in [1.807, 2.05) is 0 Å². The van der Waals surface area contributed by atoms with Crippen LogP contribution < -0.4 is 21.7 Å². The number of carbonyl (C=O) groups is 4. The number of imidazole rings is 2. The second-order valence-corrected chi connectivity index (χ2v) is 6.58. The largest absolute Gasteiger partial charge is 0.480 e. The second-order valence-electron chi connectivity index (χ2n) is 6.58. The number of aromatic nitrogens is 4. The van der Waals surface area contributed by atoms with Crippen LogP contribution >= 0.6 is 0 Å². The Balaban J connectivity index is 2.05. The van der Waals surface area contributed by atoms with E-state index in [1.54, 1.807) is 0 Å². The molecule has 0 saturated carbocycles. The highest BCUT2D eigenvalue weighted by Crippen LogP contribution is 2.02. The number of aliphatic hydroxyl groups is 1. The van der Waals surface area contributed by atoms with Crippen LogP contribution in [0.2, 0.25) is 0 Å². The molecule has 0 spiro atoms. The number of nitrogens with two attached hydrogens (primary N) is 1. The van der Waals surface area contributed by atoms with Crippen LogP contribution in [0.15, 0.2) is 25.0 Å². The minimum atomic E-state index is -1.41. The first-order chi connectivity index (χ1) is 14.8. The van der Waals surface area contributed by atoms with Crippen LogP contribution in [0.4, 0.5) is 0 Å². The lowest BCUT2D eigenvalue weighted by molar-refractivity contribution is -0.139. The third kappa shape index (κ3) is 7.52. The van der Waals surface area contributed by atoms with Gasteiger partial charge in [-0.05, 0) is 0 Å². The van der Waals surface area contributed by atoms with Gasteiger partial charge in [0.05, 0.1) is 25.3 Å². The summed E-state index contributed by atoms with van der Waals surface area (Å²) >= 11 is 0. The smallest absolute Gasteiger partial charge is 0.322 e. The minimum absolute atomic E-state index is 0.00322. The maximum atomic E-state index is 12.7. The molecule has 0 aromatic carbocycles. The second kappa shape index (κ2) is 11.4. The Labute approximate surface area is 176 Å². The van der Waals surface area contributed by atoms with Crippen molar-refractivity contribution in [2.24, 2.45) is 5.73 Å². The van der Waals surface area contributed by atoms with Crippen LogP contribution in [0.25, 0.3) is 0 Å². The van der Waals surface area contributed by atoms with Gasteiger partial charge in [-0.25, -0.2) is 9.97 Å². The average molecular weight is 436 g/mol. The minimum Gasteiger partial charge on any atom is -0.480 e. The Hall–Kier alpha value is -3.78. The summed E-state index contributed by atoms with van der Waals surface area (Å²) in [4.78, 5) is 61.1. The predicted octanol–water partition coefficient (Wildman–Crippen LogP) is -3.59. The van der Waals surface area contributed by atoms with Crippen molar-refractivity contribution in [3.63, 3.8) is 0 Å². The van der Waals surface area contributed by atoms with E-state index in [9.17, 15) is 24.3 Å². The molecule has 2 aromatic heterocycles. The van der Waals surface area contributed by atoms with Crippen LogP contribution in [-0.4, -0.2) is 85.1 Å². The highest BCUT2D eigenvalue weighted by Gasteiger charge is 2.28. The fourth-order valence-corrected chi connectivity index (χ4v) is 2.58. The molecular formula is C17H24N8O6. The van der Waals surface area contributed by atoms with E-state index in [0.29, 0.717) is 11.4 Å². The van der Waals surface area contributed by atoms with Crippen molar-refractivity contribution in [3.8, 4) is 0 Å².